The van der Waals surface area contributed by atoms with E-state index in [2.05, 4.69) is 29.1 Å². The number of piperidine rings is 2. The maximum Gasteiger partial charge on any atom is 0.248 e. The third kappa shape index (κ3) is 2.70. The first-order valence-corrected chi connectivity index (χ1v) is 9.09. The van der Waals surface area contributed by atoms with Gasteiger partial charge in [0.2, 0.25) is 5.56 Å². The molecular weight excluding hydrogens is 292 g/mol. The molecule has 0 spiro atoms. The molecule has 0 radical (unpaired) electrons. The number of pyridine rings is 1. The molecule has 2 aliphatic rings. The van der Waals surface area contributed by atoms with Gasteiger partial charge in [-0.25, -0.2) is 0 Å². The van der Waals surface area contributed by atoms with Gasteiger partial charge in [0.1, 0.15) is 0 Å². The van der Waals surface area contributed by atoms with Crippen molar-refractivity contribution in [3.63, 3.8) is 0 Å². The Bertz CT molecular complexity index is 727. The van der Waals surface area contributed by atoms with Crippen LogP contribution < -0.4 is 5.56 Å². The van der Waals surface area contributed by atoms with Gasteiger partial charge in [0.25, 0.3) is 0 Å². The first-order valence-electron chi connectivity index (χ1n) is 8.21. The molecule has 2 saturated heterocycles. The smallest absolute Gasteiger partial charge is 0.248 e. The summed E-state index contributed by atoms with van der Waals surface area (Å²) in [6.07, 6.45) is 6.75. The van der Waals surface area contributed by atoms with Crippen LogP contribution in [0.1, 0.15) is 32.1 Å². The molecule has 3 atom stereocenters. The van der Waals surface area contributed by atoms with E-state index in [4.69, 9.17) is 0 Å². The predicted molar refractivity (Wildman–Crippen MR) is 92.6 cm³/mol. The second-order valence-corrected chi connectivity index (χ2v) is 8.06. The maximum atomic E-state index is 11.4. The van der Waals surface area contributed by atoms with Crippen LogP contribution in [0, 0.1) is 0 Å². The molecular formula is C18H22N2OS. The molecule has 1 aromatic carbocycles. The van der Waals surface area contributed by atoms with Crippen molar-refractivity contribution in [1.29, 1.82) is 0 Å². The van der Waals surface area contributed by atoms with Gasteiger partial charge in [0.15, 0.2) is 0 Å². The second kappa shape index (κ2) is 5.74. The molecule has 4 heteroatoms. The standard InChI is InChI=1S/C18H22N2OS/c1-20-13-3-2-4-14(20)11-16(10-13)22-15-6-7-17-12(9-15)5-8-18(21)19-17/h5-9,13-14,16H,2-4,10-11H2,1H3,(H,19,21)/t13-,14+,16+. The quantitative estimate of drug-likeness (QED) is 0.919. The van der Waals surface area contributed by atoms with Crippen molar-refractivity contribution in [3.8, 4) is 0 Å². The van der Waals surface area contributed by atoms with Crippen molar-refractivity contribution < 1.29 is 0 Å². The molecule has 0 amide bonds. The molecule has 2 aromatic rings. The molecule has 0 saturated carbocycles. The lowest BCUT2D eigenvalue weighted by Gasteiger charge is -2.46. The zero-order chi connectivity index (χ0) is 15.1. The molecule has 0 aliphatic carbocycles. The number of aromatic amines is 1. The Morgan fingerprint density at radius 3 is 2.68 bits per heavy atom. The molecule has 0 unspecified atom stereocenters. The molecule has 1 aromatic heterocycles. The molecule has 1 N–H and O–H groups in total. The van der Waals surface area contributed by atoms with E-state index in [1.54, 1.807) is 6.07 Å². The summed E-state index contributed by atoms with van der Waals surface area (Å²) < 4.78 is 0. The Labute approximate surface area is 135 Å². The van der Waals surface area contributed by atoms with Crippen molar-refractivity contribution in [2.45, 2.75) is 54.3 Å². The van der Waals surface area contributed by atoms with Gasteiger partial charge in [-0.05, 0) is 62.4 Å². The second-order valence-electron chi connectivity index (χ2n) is 6.69. The summed E-state index contributed by atoms with van der Waals surface area (Å²) >= 11 is 2.02. The van der Waals surface area contributed by atoms with Crippen molar-refractivity contribution in [2.75, 3.05) is 7.05 Å². The lowest BCUT2D eigenvalue weighted by atomic mass is 9.85. The van der Waals surface area contributed by atoms with Crippen LogP contribution >= 0.6 is 11.8 Å². The minimum Gasteiger partial charge on any atom is -0.322 e. The third-order valence-corrected chi connectivity index (χ3v) is 6.54. The van der Waals surface area contributed by atoms with Gasteiger partial charge >= 0.3 is 0 Å². The third-order valence-electron chi connectivity index (χ3n) is 5.29. The van der Waals surface area contributed by atoms with Gasteiger partial charge in [-0.1, -0.05) is 6.42 Å². The van der Waals surface area contributed by atoms with Crippen molar-refractivity contribution >= 4 is 22.7 Å². The summed E-state index contributed by atoms with van der Waals surface area (Å²) in [6, 6.07) is 11.5. The van der Waals surface area contributed by atoms with Crippen molar-refractivity contribution in [2.24, 2.45) is 0 Å². The zero-order valence-electron chi connectivity index (χ0n) is 12.9. The predicted octanol–water partition coefficient (Wildman–Crippen LogP) is 3.64. The number of rotatable bonds is 2. The normalized spacial score (nSPS) is 28.9. The van der Waals surface area contributed by atoms with Crippen LogP contribution in [-0.4, -0.2) is 34.3 Å². The van der Waals surface area contributed by atoms with Crippen LogP contribution in [0.4, 0.5) is 0 Å². The van der Waals surface area contributed by atoms with E-state index < -0.39 is 0 Å². The Morgan fingerprint density at radius 2 is 1.91 bits per heavy atom. The van der Waals surface area contributed by atoms with Gasteiger partial charge in [0, 0.05) is 33.8 Å². The van der Waals surface area contributed by atoms with Crippen molar-refractivity contribution in [1.82, 2.24) is 9.88 Å². The Hall–Kier alpha value is -1.26. The fraction of sp³-hybridized carbons (Fsp3) is 0.500. The molecule has 22 heavy (non-hydrogen) atoms. The highest BCUT2D eigenvalue weighted by atomic mass is 32.2. The Morgan fingerprint density at radius 1 is 1.14 bits per heavy atom. The van der Waals surface area contributed by atoms with Gasteiger partial charge in [-0.2, -0.15) is 0 Å². The molecule has 4 rings (SSSR count). The lowest BCUT2D eigenvalue weighted by molar-refractivity contribution is 0.0707. The first kappa shape index (κ1) is 14.3. The minimum atomic E-state index is -0.0314. The first-order chi connectivity index (χ1) is 10.7. The van der Waals surface area contributed by atoms with E-state index in [-0.39, 0.29) is 5.56 Å². The summed E-state index contributed by atoms with van der Waals surface area (Å²) in [7, 11) is 2.31. The van der Waals surface area contributed by atoms with Crippen LogP contribution in [0.25, 0.3) is 10.9 Å². The molecule has 2 aliphatic heterocycles. The molecule has 2 bridgehead atoms. The fourth-order valence-electron chi connectivity index (χ4n) is 4.06. The number of nitrogens with one attached hydrogen (secondary N) is 1. The molecule has 3 nitrogen and oxygen atoms in total. The number of nitrogens with zero attached hydrogens (tertiary/aromatic N) is 1. The lowest BCUT2D eigenvalue weighted by Crippen LogP contribution is -2.50. The van der Waals surface area contributed by atoms with Crippen LogP contribution in [-0.2, 0) is 0 Å². The average molecular weight is 314 g/mol. The summed E-state index contributed by atoms with van der Waals surface area (Å²) in [5.41, 5.74) is 0.896. The summed E-state index contributed by atoms with van der Waals surface area (Å²) in [4.78, 5) is 18.2. The number of H-pyrrole nitrogens is 1. The van der Waals surface area contributed by atoms with Crippen LogP contribution in [0.15, 0.2) is 40.0 Å². The Balaban J connectivity index is 1.54. The number of benzene rings is 1. The van der Waals surface area contributed by atoms with Crippen LogP contribution in [0.2, 0.25) is 0 Å². The van der Waals surface area contributed by atoms with E-state index in [1.165, 1.54) is 37.0 Å². The van der Waals surface area contributed by atoms with Crippen molar-refractivity contribution in [3.05, 3.63) is 40.7 Å². The van der Waals surface area contributed by atoms with Crippen LogP contribution in [0.5, 0.6) is 0 Å². The summed E-state index contributed by atoms with van der Waals surface area (Å²) in [6.45, 7) is 0. The summed E-state index contributed by atoms with van der Waals surface area (Å²) in [5.74, 6) is 0. The van der Waals surface area contributed by atoms with Gasteiger partial charge in [-0.3, -0.25) is 4.79 Å². The fourth-order valence-corrected chi connectivity index (χ4v) is 5.42. The minimum absolute atomic E-state index is 0.0314. The van der Waals surface area contributed by atoms with E-state index >= 15 is 0 Å². The number of thioether (sulfide) groups is 1. The SMILES string of the molecule is CN1[C@@H]2CCC[C@H]1C[C@@H](Sc1ccc3[nH]c(=O)ccc3c1)C2. The largest absolute Gasteiger partial charge is 0.322 e. The molecule has 116 valence electrons. The monoisotopic (exact) mass is 314 g/mol. The maximum absolute atomic E-state index is 11.4. The number of hydrogen-bond donors (Lipinski definition) is 1. The highest BCUT2D eigenvalue weighted by Gasteiger charge is 2.36. The van der Waals surface area contributed by atoms with Gasteiger partial charge in [-0.15, -0.1) is 11.8 Å². The van der Waals surface area contributed by atoms with Crippen LogP contribution in [0.3, 0.4) is 0 Å². The average Bonchev–Trinajstić information content (AvgIpc) is 2.48. The molecule has 3 heterocycles. The number of fused-ring (bicyclic) bond motifs is 3. The van der Waals surface area contributed by atoms with Gasteiger partial charge in [0.05, 0.1) is 0 Å². The van der Waals surface area contributed by atoms with E-state index in [1.807, 2.05) is 23.9 Å². The molecule has 2 fully saturated rings. The highest BCUT2D eigenvalue weighted by Crippen LogP contribution is 2.40. The number of hydrogen-bond acceptors (Lipinski definition) is 3. The number of aromatic nitrogens is 1. The van der Waals surface area contributed by atoms with E-state index in [0.29, 0.717) is 0 Å². The Kier molecular flexibility index (Phi) is 3.74. The van der Waals surface area contributed by atoms with E-state index in [0.717, 1.165) is 28.2 Å². The van der Waals surface area contributed by atoms with E-state index in [9.17, 15) is 4.79 Å². The zero-order valence-corrected chi connectivity index (χ0v) is 13.7. The topological polar surface area (TPSA) is 36.1 Å². The highest BCUT2D eigenvalue weighted by molar-refractivity contribution is 8.00. The summed E-state index contributed by atoms with van der Waals surface area (Å²) in [5, 5.41) is 1.85. The van der Waals surface area contributed by atoms with Gasteiger partial charge < -0.3 is 9.88 Å².